The Hall–Kier alpha value is -0.970. The van der Waals surface area contributed by atoms with Crippen molar-refractivity contribution in [1.82, 2.24) is 10.6 Å². The van der Waals surface area contributed by atoms with E-state index in [2.05, 4.69) is 10.6 Å². The fourth-order valence-electron chi connectivity index (χ4n) is 2.69. The molecule has 1 fully saturated rings. The first-order chi connectivity index (χ1) is 10.6. The van der Waals surface area contributed by atoms with Crippen LogP contribution in [-0.4, -0.2) is 31.6 Å². The fraction of sp³-hybridized carbons (Fsp3) is 0.588. The van der Waals surface area contributed by atoms with E-state index in [1.807, 2.05) is 13.8 Å². The molecule has 1 amide bonds. The van der Waals surface area contributed by atoms with Crippen molar-refractivity contribution in [3.63, 3.8) is 0 Å². The summed E-state index contributed by atoms with van der Waals surface area (Å²) in [6.45, 7) is 6.72. The average Bonchev–Trinajstić information content (AvgIpc) is 2.49. The third-order valence-corrected chi connectivity index (χ3v) is 4.02. The van der Waals surface area contributed by atoms with Crippen molar-refractivity contribution in [3.8, 4) is 5.75 Å². The maximum Gasteiger partial charge on any atom is 0.255 e. The zero-order valence-corrected chi connectivity index (χ0v) is 15.3. The lowest BCUT2D eigenvalue weighted by Gasteiger charge is -2.22. The van der Waals surface area contributed by atoms with Crippen molar-refractivity contribution >= 4 is 29.9 Å². The summed E-state index contributed by atoms with van der Waals surface area (Å²) >= 11 is 6.01. The van der Waals surface area contributed by atoms with Crippen LogP contribution >= 0.6 is 24.0 Å². The second kappa shape index (κ2) is 10.0. The summed E-state index contributed by atoms with van der Waals surface area (Å²) in [4.78, 5) is 12.4. The van der Waals surface area contributed by atoms with E-state index in [4.69, 9.17) is 16.3 Å². The minimum Gasteiger partial charge on any atom is -0.490 e. The number of carbonyl (C=O) groups is 1. The number of amides is 1. The number of nitrogens with one attached hydrogen (secondary N) is 2. The Morgan fingerprint density at radius 2 is 2.26 bits per heavy atom. The van der Waals surface area contributed by atoms with Gasteiger partial charge < -0.3 is 15.4 Å². The molecule has 0 aliphatic carbocycles. The molecule has 1 heterocycles. The minimum atomic E-state index is -0.123. The summed E-state index contributed by atoms with van der Waals surface area (Å²) in [5, 5.41) is 6.91. The monoisotopic (exact) mass is 360 g/mol. The van der Waals surface area contributed by atoms with Crippen LogP contribution in [0.5, 0.6) is 5.75 Å². The topological polar surface area (TPSA) is 50.4 Å². The number of carbonyl (C=O) groups excluding carboxylic acids is 1. The largest absolute Gasteiger partial charge is 0.490 e. The Balaban J connectivity index is 0.00000264. The van der Waals surface area contributed by atoms with E-state index >= 15 is 0 Å². The van der Waals surface area contributed by atoms with Crippen LogP contribution in [-0.2, 0) is 0 Å². The summed E-state index contributed by atoms with van der Waals surface area (Å²) in [5.41, 5.74) is 0.503. The van der Waals surface area contributed by atoms with E-state index in [9.17, 15) is 4.79 Å². The lowest BCUT2D eigenvalue weighted by molar-refractivity contribution is 0.0945. The first-order valence-corrected chi connectivity index (χ1v) is 8.39. The van der Waals surface area contributed by atoms with Gasteiger partial charge in [0.15, 0.2) is 0 Å². The van der Waals surface area contributed by atoms with Gasteiger partial charge in [0, 0.05) is 11.6 Å². The van der Waals surface area contributed by atoms with Crippen molar-refractivity contribution in [3.05, 3.63) is 28.8 Å². The van der Waals surface area contributed by atoms with Crippen molar-refractivity contribution in [2.24, 2.45) is 5.92 Å². The second-order valence-corrected chi connectivity index (χ2v) is 6.50. The van der Waals surface area contributed by atoms with Crippen LogP contribution < -0.4 is 15.4 Å². The average molecular weight is 361 g/mol. The van der Waals surface area contributed by atoms with Crippen LogP contribution in [0.2, 0.25) is 5.02 Å². The van der Waals surface area contributed by atoms with Crippen molar-refractivity contribution < 1.29 is 9.53 Å². The van der Waals surface area contributed by atoms with Gasteiger partial charge in [0.05, 0.1) is 11.7 Å². The molecule has 4 nitrogen and oxygen atoms in total. The Labute approximate surface area is 149 Å². The van der Waals surface area contributed by atoms with Crippen LogP contribution in [0.3, 0.4) is 0 Å². The molecule has 0 spiro atoms. The first kappa shape index (κ1) is 20.1. The molecule has 1 unspecified atom stereocenters. The highest BCUT2D eigenvalue weighted by molar-refractivity contribution is 6.31. The number of piperidine rings is 1. The third kappa shape index (κ3) is 6.58. The van der Waals surface area contributed by atoms with E-state index in [0.29, 0.717) is 28.8 Å². The van der Waals surface area contributed by atoms with Gasteiger partial charge in [-0.3, -0.25) is 4.79 Å². The molecule has 130 valence electrons. The number of halogens is 2. The van der Waals surface area contributed by atoms with E-state index in [0.717, 1.165) is 19.5 Å². The number of rotatable bonds is 6. The normalized spacial score (nSPS) is 17.5. The highest BCUT2D eigenvalue weighted by Gasteiger charge is 2.16. The lowest BCUT2D eigenvalue weighted by Crippen LogP contribution is -2.33. The number of hydrogen-bond donors (Lipinski definition) is 2. The Bertz CT molecular complexity index is 503. The molecule has 0 bridgehead atoms. The quantitative estimate of drug-likeness (QED) is 0.813. The van der Waals surface area contributed by atoms with Crippen molar-refractivity contribution in [2.45, 2.75) is 39.2 Å². The molecule has 1 aromatic rings. The van der Waals surface area contributed by atoms with Crippen molar-refractivity contribution in [2.75, 3.05) is 19.6 Å². The van der Waals surface area contributed by atoms with E-state index in [1.54, 1.807) is 18.2 Å². The molecule has 6 heteroatoms. The third-order valence-electron chi connectivity index (χ3n) is 3.79. The molecular formula is C17H26Cl2N2O2. The summed E-state index contributed by atoms with van der Waals surface area (Å²) in [6.07, 6.45) is 3.47. The maximum absolute atomic E-state index is 12.4. The van der Waals surface area contributed by atoms with Crippen LogP contribution in [0.25, 0.3) is 0 Å². The highest BCUT2D eigenvalue weighted by Crippen LogP contribution is 2.24. The van der Waals surface area contributed by atoms with Gasteiger partial charge in [-0.1, -0.05) is 11.6 Å². The maximum atomic E-state index is 12.4. The van der Waals surface area contributed by atoms with Gasteiger partial charge in [0.25, 0.3) is 5.91 Å². The standard InChI is InChI=1S/C17H25ClN2O2.ClH/c1-12(2)22-16-6-5-14(18)10-15(16)17(21)20-9-7-13-4-3-8-19-11-13;/h5-6,10,12-13,19H,3-4,7-9,11H2,1-2H3,(H,20,21);1H. The molecule has 1 aliphatic rings. The van der Waals surface area contributed by atoms with Crippen LogP contribution in [0.15, 0.2) is 18.2 Å². The van der Waals surface area contributed by atoms with Gasteiger partial charge >= 0.3 is 0 Å². The van der Waals surface area contributed by atoms with Gasteiger partial charge in [-0.2, -0.15) is 0 Å². The van der Waals surface area contributed by atoms with Crippen molar-refractivity contribution in [1.29, 1.82) is 0 Å². The van der Waals surface area contributed by atoms with Gasteiger partial charge in [0.2, 0.25) is 0 Å². The predicted octanol–water partition coefficient (Wildman–Crippen LogP) is 3.67. The molecule has 0 radical (unpaired) electrons. The van der Waals surface area contributed by atoms with Gasteiger partial charge in [-0.05, 0) is 70.3 Å². The molecular weight excluding hydrogens is 335 g/mol. The van der Waals surface area contributed by atoms with Gasteiger partial charge in [-0.15, -0.1) is 12.4 Å². The fourth-order valence-corrected chi connectivity index (χ4v) is 2.86. The zero-order chi connectivity index (χ0) is 15.9. The Morgan fingerprint density at radius 3 is 2.91 bits per heavy atom. The molecule has 0 saturated carbocycles. The van der Waals surface area contributed by atoms with Crippen LogP contribution in [0.4, 0.5) is 0 Å². The molecule has 1 saturated heterocycles. The molecule has 2 N–H and O–H groups in total. The van der Waals surface area contributed by atoms with Gasteiger partial charge in [-0.25, -0.2) is 0 Å². The van der Waals surface area contributed by atoms with E-state index in [-0.39, 0.29) is 24.4 Å². The van der Waals surface area contributed by atoms with E-state index in [1.165, 1.54) is 12.8 Å². The van der Waals surface area contributed by atoms with E-state index < -0.39 is 0 Å². The first-order valence-electron chi connectivity index (χ1n) is 8.01. The Kier molecular flexibility index (Phi) is 8.74. The Morgan fingerprint density at radius 1 is 1.48 bits per heavy atom. The number of benzene rings is 1. The molecule has 1 aromatic carbocycles. The summed E-state index contributed by atoms with van der Waals surface area (Å²) in [5.74, 6) is 1.11. The molecule has 2 rings (SSSR count). The zero-order valence-electron chi connectivity index (χ0n) is 13.7. The minimum absolute atomic E-state index is 0. The van der Waals surface area contributed by atoms with Crippen LogP contribution in [0.1, 0.15) is 43.5 Å². The predicted molar refractivity (Wildman–Crippen MR) is 97.0 cm³/mol. The number of hydrogen-bond acceptors (Lipinski definition) is 3. The summed E-state index contributed by atoms with van der Waals surface area (Å²) < 4.78 is 5.69. The highest BCUT2D eigenvalue weighted by atomic mass is 35.5. The summed E-state index contributed by atoms with van der Waals surface area (Å²) in [7, 11) is 0. The molecule has 1 aliphatic heterocycles. The molecule has 23 heavy (non-hydrogen) atoms. The molecule has 1 atom stereocenters. The SMILES string of the molecule is CC(C)Oc1ccc(Cl)cc1C(=O)NCCC1CCCNC1.Cl. The van der Waals surface area contributed by atoms with Gasteiger partial charge in [0.1, 0.15) is 5.75 Å². The smallest absolute Gasteiger partial charge is 0.255 e. The number of ether oxygens (including phenoxy) is 1. The van der Waals surface area contributed by atoms with Crippen LogP contribution in [0, 0.1) is 5.92 Å². The second-order valence-electron chi connectivity index (χ2n) is 6.06. The summed E-state index contributed by atoms with van der Waals surface area (Å²) in [6, 6.07) is 5.16. The lowest BCUT2D eigenvalue weighted by atomic mass is 9.96. The molecule has 0 aromatic heterocycles.